The van der Waals surface area contributed by atoms with Crippen LogP contribution >= 0.6 is 11.3 Å². The summed E-state index contributed by atoms with van der Waals surface area (Å²) in [6.45, 7) is 6.93. The second kappa shape index (κ2) is 7.41. The quantitative estimate of drug-likeness (QED) is 0.850. The van der Waals surface area contributed by atoms with E-state index in [1.54, 1.807) is 0 Å². The molecule has 1 aliphatic carbocycles. The van der Waals surface area contributed by atoms with Gasteiger partial charge in [0.15, 0.2) is 0 Å². The van der Waals surface area contributed by atoms with Gasteiger partial charge in [-0.15, -0.1) is 11.3 Å². The Hall–Kier alpha value is -0.380. The molecule has 2 rings (SSSR count). The van der Waals surface area contributed by atoms with E-state index in [9.17, 15) is 0 Å². The molecule has 1 unspecified atom stereocenters. The van der Waals surface area contributed by atoms with Gasteiger partial charge in [-0.1, -0.05) is 13.0 Å². The topological polar surface area (TPSA) is 15.3 Å². The number of nitrogens with one attached hydrogen (secondary N) is 1. The summed E-state index contributed by atoms with van der Waals surface area (Å²) in [5, 5.41) is 5.90. The van der Waals surface area contributed by atoms with E-state index in [2.05, 4.69) is 48.6 Å². The Morgan fingerprint density at radius 2 is 2.11 bits per heavy atom. The monoisotopic (exact) mass is 280 g/mol. The van der Waals surface area contributed by atoms with Crippen LogP contribution in [-0.4, -0.2) is 31.1 Å². The maximum absolute atomic E-state index is 3.73. The van der Waals surface area contributed by atoms with Crippen molar-refractivity contribution in [3.8, 4) is 0 Å². The lowest BCUT2D eigenvalue weighted by Gasteiger charge is -2.29. The molecule has 1 heterocycles. The molecule has 1 aromatic heterocycles. The lowest BCUT2D eigenvalue weighted by Crippen LogP contribution is -2.38. The van der Waals surface area contributed by atoms with Gasteiger partial charge in [0.25, 0.3) is 0 Å². The molecule has 1 saturated carbocycles. The van der Waals surface area contributed by atoms with Gasteiger partial charge in [0.1, 0.15) is 0 Å². The first-order valence-electron chi connectivity index (χ1n) is 7.64. The number of hydrogen-bond donors (Lipinski definition) is 1. The first-order valence-corrected chi connectivity index (χ1v) is 8.52. The minimum atomic E-state index is 0.535. The zero-order valence-corrected chi connectivity index (χ0v) is 13.4. The van der Waals surface area contributed by atoms with Gasteiger partial charge >= 0.3 is 0 Å². The molecule has 19 heavy (non-hydrogen) atoms. The van der Waals surface area contributed by atoms with Crippen LogP contribution in [0.3, 0.4) is 0 Å². The second-order valence-electron chi connectivity index (χ2n) is 6.08. The fraction of sp³-hybridized carbons (Fsp3) is 0.750. The van der Waals surface area contributed by atoms with Crippen molar-refractivity contribution in [1.82, 2.24) is 10.2 Å². The summed E-state index contributed by atoms with van der Waals surface area (Å²) in [4.78, 5) is 3.92. The Kier molecular flexibility index (Phi) is 5.86. The Labute approximate surface area is 122 Å². The molecule has 108 valence electrons. The molecule has 3 heteroatoms. The molecule has 0 spiro atoms. The Balaban J connectivity index is 1.65. The number of nitrogens with zero attached hydrogens (tertiary/aromatic N) is 1. The smallest absolute Gasteiger partial charge is 0.0410 e. The van der Waals surface area contributed by atoms with Crippen LogP contribution < -0.4 is 5.32 Å². The number of hydrogen-bond acceptors (Lipinski definition) is 3. The first kappa shape index (κ1) is 15.0. The van der Waals surface area contributed by atoms with Crippen molar-refractivity contribution in [3.63, 3.8) is 0 Å². The minimum Gasteiger partial charge on any atom is -0.313 e. The SMILES string of the molecule is CC1CCC(NCCN(C)C(C)c2cccs2)CC1. The highest BCUT2D eigenvalue weighted by atomic mass is 32.1. The van der Waals surface area contributed by atoms with Crippen LogP contribution in [0.5, 0.6) is 0 Å². The second-order valence-corrected chi connectivity index (χ2v) is 7.06. The molecular formula is C16H28N2S. The lowest BCUT2D eigenvalue weighted by atomic mass is 9.87. The molecule has 1 atom stereocenters. The van der Waals surface area contributed by atoms with Crippen molar-refractivity contribution in [2.24, 2.45) is 5.92 Å². The average Bonchev–Trinajstić information content (AvgIpc) is 2.94. The molecule has 1 N–H and O–H groups in total. The zero-order chi connectivity index (χ0) is 13.7. The summed E-state index contributed by atoms with van der Waals surface area (Å²) in [6.07, 6.45) is 5.54. The van der Waals surface area contributed by atoms with E-state index in [4.69, 9.17) is 0 Å². The molecule has 0 aromatic carbocycles. The Morgan fingerprint density at radius 1 is 1.37 bits per heavy atom. The predicted octanol–water partition coefficient (Wildman–Crippen LogP) is 3.91. The third-order valence-electron chi connectivity index (χ3n) is 4.53. The van der Waals surface area contributed by atoms with Crippen molar-refractivity contribution in [1.29, 1.82) is 0 Å². The van der Waals surface area contributed by atoms with Crippen LogP contribution in [0.1, 0.15) is 50.4 Å². The van der Waals surface area contributed by atoms with Crippen LogP contribution in [0.2, 0.25) is 0 Å². The molecule has 0 bridgehead atoms. The van der Waals surface area contributed by atoms with Crippen LogP contribution in [0.15, 0.2) is 17.5 Å². The summed E-state index contributed by atoms with van der Waals surface area (Å²) in [5.74, 6) is 0.944. The molecular weight excluding hydrogens is 252 g/mol. The van der Waals surface area contributed by atoms with E-state index in [-0.39, 0.29) is 0 Å². The van der Waals surface area contributed by atoms with Crippen molar-refractivity contribution in [2.45, 2.75) is 51.6 Å². The van der Waals surface area contributed by atoms with Gasteiger partial charge in [0.2, 0.25) is 0 Å². The third kappa shape index (κ3) is 4.59. The van der Waals surface area contributed by atoms with Crippen molar-refractivity contribution in [3.05, 3.63) is 22.4 Å². The van der Waals surface area contributed by atoms with E-state index >= 15 is 0 Å². The van der Waals surface area contributed by atoms with E-state index in [1.165, 1.54) is 30.6 Å². The molecule has 1 aliphatic rings. The number of thiophene rings is 1. The van der Waals surface area contributed by atoms with Gasteiger partial charge in [-0.05, 0) is 57.0 Å². The molecule has 2 nitrogen and oxygen atoms in total. The van der Waals surface area contributed by atoms with Crippen molar-refractivity contribution in [2.75, 3.05) is 20.1 Å². The van der Waals surface area contributed by atoms with Crippen molar-refractivity contribution >= 4 is 11.3 Å². The highest BCUT2D eigenvalue weighted by Crippen LogP contribution is 2.24. The molecule has 1 fully saturated rings. The van der Waals surface area contributed by atoms with Gasteiger partial charge in [0.05, 0.1) is 0 Å². The van der Waals surface area contributed by atoms with Gasteiger partial charge in [-0.2, -0.15) is 0 Å². The van der Waals surface area contributed by atoms with Gasteiger partial charge in [0, 0.05) is 30.1 Å². The van der Waals surface area contributed by atoms with Crippen LogP contribution in [0.4, 0.5) is 0 Å². The largest absolute Gasteiger partial charge is 0.313 e. The van der Waals surface area contributed by atoms with Crippen LogP contribution in [0.25, 0.3) is 0 Å². The van der Waals surface area contributed by atoms with E-state index in [1.807, 2.05) is 11.3 Å². The summed E-state index contributed by atoms with van der Waals surface area (Å²) in [6, 6.07) is 5.68. The fourth-order valence-electron chi connectivity index (χ4n) is 2.85. The Bertz CT molecular complexity index is 342. The molecule has 1 aromatic rings. The molecule has 0 aliphatic heterocycles. The number of rotatable bonds is 6. The summed E-state index contributed by atoms with van der Waals surface area (Å²) < 4.78 is 0. The minimum absolute atomic E-state index is 0.535. The number of likely N-dealkylation sites (N-methyl/N-ethyl adjacent to an activating group) is 1. The molecule has 0 saturated heterocycles. The first-order chi connectivity index (χ1) is 9.16. The third-order valence-corrected chi connectivity index (χ3v) is 5.57. The van der Waals surface area contributed by atoms with E-state index in [0.717, 1.165) is 25.0 Å². The van der Waals surface area contributed by atoms with E-state index < -0.39 is 0 Å². The predicted molar refractivity (Wildman–Crippen MR) is 84.8 cm³/mol. The Morgan fingerprint density at radius 3 is 2.74 bits per heavy atom. The summed E-state index contributed by atoms with van der Waals surface area (Å²) >= 11 is 1.86. The van der Waals surface area contributed by atoms with Crippen LogP contribution in [0, 0.1) is 5.92 Å². The summed E-state index contributed by atoms with van der Waals surface area (Å²) in [5.41, 5.74) is 0. The zero-order valence-electron chi connectivity index (χ0n) is 12.6. The average molecular weight is 280 g/mol. The normalized spacial score (nSPS) is 25.7. The van der Waals surface area contributed by atoms with Crippen LogP contribution in [-0.2, 0) is 0 Å². The fourth-order valence-corrected chi connectivity index (χ4v) is 3.70. The van der Waals surface area contributed by atoms with Crippen molar-refractivity contribution < 1.29 is 0 Å². The molecule has 0 amide bonds. The maximum Gasteiger partial charge on any atom is 0.0410 e. The molecule has 0 radical (unpaired) electrons. The van der Waals surface area contributed by atoms with Gasteiger partial charge < -0.3 is 5.32 Å². The highest BCUT2D eigenvalue weighted by Gasteiger charge is 2.18. The van der Waals surface area contributed by atoms with Gasteiger partial charge in [-0.3, -0.25) is 4.90 Å². The van der Waals surface area contributed by atoms with E-state index in [0.29, 0.717) is 6.04 Å². The highest BCUT2D eigenvalue weighted by molar-refractivity contribution is 7.10. The summed E-state index contributed by atoms with van der Waals surface area (Å²) in [7, 11) is 2.23. The standard InChI is InChI=1S/C16H28N2S/c1-13-6-8-15(9-7-13)17-10-11-18(3)14(2)16-5-4-12-19-16/h4-5,12-15,17H,6-11H2,1-3H3. The van der Waals surface area contributed by atoms with Gasteiger partial charge in [-0.25, -0.2) is 0 Å². The maximum atomic E-state index is 3.73. The lowest BCUT2D eigenvalue weighted by molar-refractivity contribution is 0.246.